The fourth-order valence-electron chi connectivity index (χ4n) is 0.898. The molecule has 0 aliphatic rings. The van der Waals surface area contributed by atoms with E-state index in [-0.39, 0.29) is 11.5 Å². The van der Waals surface area contributed by atoms with Gasteiger partial charge in [-0.15, -0.1) is 0 Å². The number of hydrogen-bond acceptors (Lipinski definition) is 2. The van der Waals surface area contributed by atoms with Gasteiger partial charge < -0.3 is 10.3 Å². The maximum Gasteiger partial charge on any atom is 0.181 e. The third-order valence-electron chi connectivity index (χ3n) is 1.36. The molecule has 1 atom stereocenters. The topological polar surface area (TPSA) is 48.0 Å². The summed E-state index contributed by atoms with van der Waals surface area (Å²) in [7, 11) is 0. The lowest BCUT2D eigenvalue weighted by Gasteiger charge is -2.07. The third kappa shape index (κ3) is 2.55. The molecule has 0 saturated carbocycles. The molecule has 1 aromatic rings. The van der Waals surface area contributed by atoms with Crippen LogP contribution in [0.5, 0.6) is 0 Å². The summed E-state index contributed by atoms with van der Waals surface area (Å²) in [5.41, 5.74) is 5.60. The Labute approximate surface area is 65.5 Å². The van der Waals surface area contributed by atoms with Crippen LogP contribution in [-0.4, -0.2) is 10.6 Å². The molecular formula is C8H12N2O. The highest BCUT2D eigenvalue weighted by atomic mass is 16.1. The quantitative estimate of drug-likeness (QED) is 0.658. The molecule has 0 fully saturated rings. The van der Waals surface area contributed by atoms with Gasteiger partial charge in [0.2, 0.25) is 0 Å². The largest absolute Gasteiger partial charge is 0.352 e. The Morgan fingerprint density at radius 2 is 2.09 bits per heavy atom. The molecule has 3 heteroatoms. The van der Waals surface area contributed by atoms with E-state index < -0.39 is 0 Å². The average Bonchev–Trinajstić information content (AvgIpc) is 1.93. The first-order chi connectivity index (χ1) is 5.18. The van der Waals surface area contributed by atoms with Gasteiger partial charge in [0.1, 0.15) is 0 Å². The van der Waals surface area contributed by atoms with E-state index >= 15 is 0 Å². The van der Waals surface area contributed by atoms with E-state index in [4.69, 9.17) is 5.73 Å². The van der Waals surface area contributed by atoms with Crippen molar-refractivity contribution in [1.29, 1.82) is 0 Å². The fourth-order valence-corrected chi connectivity index (χ4v) is 0.898. The number of pyridine rings is 1. The second-order valence-electron chi connectivity index (χ2n) is 2.71. The van der Waals surface area contributed by atoms with Crippen molar-refractivity contribution in [2.75, 3.05) is 0 Å². The molecule has 0 aliphatic carbocycles. The summed E-state index contributed by atoms with van der Waals surface area (Å²) in [6, 6.07) is 3.18. The lowest BCUT2D eigenvalue weighted by molar-refractivity contribution is 0.586. The highest BCUT2D eigenvalue weighted by Gasteiger charge is 1.92. The van der Waals surface area contributed by atoms with Crippen molar-refractivity contribution < 1.29 is 0 Å². The van der Waals surface area contributed by atoms with Crippen LogP contribution in [0.25, 0.3) is 0 Å². The molecule has 3 nitrogen and oxygen atoms in total. The molecule has 1 aromatic heterocycles. The van der Waals surface area contributed by atoms with E-state index in [0.29, 0.717) is 0 Å². The van der Waals surface area contributed by atoms with Crippen LogP contribution in [0.15, 0.2) is 29.3 Å². The number of aromatic nitrogens is 1. The second kappa shape index (κ2) is 3.34. The molecule has 0 spiro atoms. The van der Waals surface area contributed by atoms with Crippen LogP contribution in [0.4, 0.5) is 0 Å². The van der Waals surface area contributed by atoms with Gasteiger partial charge in [-0.2, -0.15) is 0 Å². The van der Waals surface area contributed by atoms with E-state index in [1.165, 1.54) is 12.1 Å². The van der Waals surface area contributed by atoms with Gasteiger partial charge in [0, 0.05) is 37.1 Å². The van der Waals surface area contributed by atoms with Gasteiger partial charge in [0.15, 0.2) is 5.43 Å². The van der Waals surface area contributed by atoms with E-state index in [9.17, 15) is 4.79 Å². The van der Waals surface area contributed by atoms with Crippen molar-refractivity contribution in [3.63, 3.8) is 0 Å². The number of nitrogens with two attached hydrogens (primary N) is 1. The predicted molar refractivity (Wildman–Crippen MR) is 44.4 cm³/mol. The summed E-state index contributed by atoms with van der Waals surface area (Å²) in [5.74, 6) is 0. The van der Waals surface area contributed by atoms with Crippen molar-refractivity contribution in [2.45, 2.75) is 19.5 Å². The SMILES string of the molecule is C[C@@H](N)Cn1ccc(=O)cc1. The lowest BCUT2D eigenvalue weighted by atomic mass is 10.3. The highest BCUT2D eigenvalue weighted by molar-refractivity contribution is 4.93. The maximum absolute atomic E-state index is 10.7. The Hall–Kier alpha value is -1.09. The summed E-state index contributed by atoms with van der Waals surface area (Å²) in [5, 5.41) is 0. The van der Waals surface area contributed by atoms with E-state index in [0.717, 1.165) is 6.54 Å². The number of hydrogen-bond donors (Lipinski definition) is 1. The minimum Gasteiger partial charge on any atom is -0.352 e. The Balaban J connectivity index is 2.74. The van der Waals surface area contributed by atoms with E-state index in [1.54, 1.807) is 12.4 Å². The van der Waals surface area contributed by atoms with Gasteiger partial charge in [-0.05, 0) is 6.92 Å². The predicted octanol–water partition coefficient (Wildman–Crippen LogP) is 0.195. The Morgan fingerprint density at radius 1 is 1.55 bits per heavy atom. The number of rotatable bonds is 2. The molecule has 0 bridgehead atoms. The second-order valence-corrected chi connectivity index (χ2v) is 2.71. The van der Waals surface area contributed by atoms with Crippen LogP contribution < -0.4 is 11.2 Å². The van der Waals surface area contributed by atoms with Gasteiger partial charge in [-0.1, -0.05) is 0 Å². The molecule has 0 unspecified atom stereocenters. The van der Waals surface area contributed by atoms with E-state index in [2.05, 4.69) is 0 Å². The molecule has 2 N–H and O–H groups in total. The third-order valence-corrected chi connectivity index (χ3v) is 1.36. The molecule has 0 aromatic carbocycles. The monoisotopic (exact) mass is 152 g/mol. The molecule has 1 rings (SSSR count). The molecule has 1 heterocycles. The van der Waals surface area contributed by atoms with Gasteiger partial charge in [-0.3, -0.25) is 4.79 Å². The van der Waals surface area contributed by atoms with Crippen LogP contribution in [0.1, 0.15) is 6.92 Å². The molecule has 60 valence electrons. The van der Waals surface area contributed by atoms with Gasteiger partial charge >= 0.3 is 0 Å². The van der Waals surface area contributed by atoms with Crippen molar-refractivity contribution in [3.8, 4) is 0 Å². The number of nitrogens with zero attached hydrogens (tertiary/aromatic N) is 1. The van der Waals surface area contributed by atoms with Crippen LogP contribution in [-0.2, 0) is 6.54 Å². The smallest absolute Gasteiger partial charge is 0.181 e. The lowest BCUT2D eigenvalue weighted by Crippen LogP contribution is -2.22. The summed E-state index contributed by atoms with van der Waals surface area (Å²) in [4.78, 5) is 10.7. The Kier molecular flexibility index (Phi) is 2.44. The maximum atomic E-state index is 10.7. The van der Waals surface area contributed by atoms with Crippen LogP contribution >= 0.6 is 0 Å². The van der Waals surface area contributed by atoms with Gasteiger partial charge in [0.25, 0.3) is 0 Å². The summed E-state index contributed by atoms with van der Waals surface area (Å²) < 4.78 is 1.89. The van der Waals surface area contributed by atoms with Crippen molar-refractivity contribution in [2.24, 2.45) is 5.73 Å². The van der Waals surface area contributed by atoms with Crippen LogP contribution in [0, 0.1) is 0 Å². The average molecular weight is 152 g/mol. The normalized spacial score (nSPS) is 12.9. The zero-order chi connectivity index (χ0) is 8.27. The van der Waals surface area contributed by atoms with Crippen molar-refractivity contribution >= 4 is 0 Å². The molecule has 0 aliphatic heterocycles. The van der Waals surface area contributed by atoms with Crippen LogP contribution in [0.2, 0.25) is 0 Å². The Morgan fingerprint density at radius 3 is 2.55 bits per heavy atom. The zero-order valence-corrected chi connectivity index (χ0v) is 6.53. The summed E-state index contributed by atoms with van der Waals surface area (Å²) >= 11 is 0. The first-order valence-electron chi connectivity index (χ1n) is 3.60. The van der Waals surface area contributed by atoms with Crippen LogP contribution in [0.3, 0.4) is 0 Å². The fraction of sp³-hybridized carbons (Fsp3) is 0.375. The highest BCUT2D eigenvalue weighted by Crippen LogP contribution is 1.86. The first-order valence-corrected chi connectivity index (χ1v) is 3.60. The molecule has 0 amide bonds. The molecule has 0 radical (unpaired) electrons. The minimum atomic E-state index is 0.0333. The first kappa shape index (κ1) is 8.01. The standard InChI is InChI=1S/C8H12N2O/c1-7(9)6-10-4-2-8(11)3-5-10/h2-5,7H,6,9H2,1H3/t7-/m1/s1. The molecular weight excluding hydrogens is 140 g/mol. The minimum absolute atomic E-state index is 0.0333. The molecule has 0 saturated heterocycles. The molecule has 11 heavy (non-hydrogen) atoms. The van der Waals surface area contributed by atoms with Crippen molar-refractivity contribution in [1.82, 2.24) is 4.57 Å². The zero-order valence-electron chi connectivity index (χ0n) is 6.53. The Bertz CT molecular complexity index is 257. The van der Waals surface area contributed by atoms with Crippen molar-refractivity contribution in [3.05, 3.63) is 34.7 Å². The van der Waals surface area contributed by atoms with E-state index in [1.807, 2.05) is 11.5 Å². The summed E-state index contributed by atoms with van der Waals surface area (Å²) in [6.07, 6.45) is 3.48. The summed E-state index contributed by atoms with van der Waals surface area (Å²) in [6.45, 7) is 2.68. The van der Waals surface area contributed by atoms with Gasteiger partial charge in [-0.25, -0.2) is 0 Å². The van der Waals surface area contributed by atoms with Gasteiger partial charge in [0.05, 0.1) is 0 Å².